The van der Waals surface area contributed by atoms with Gasteiger partial charge >= 0.3 is 0 Å². The summed E-state index contributed by atoms with van der Waals surface area (Å²) in [5.41, 5.74) is 0.648. The molecule has 100 valence electrons. The normalized spacial score (nSPS) is 22.1. The fraction of sp³-hybridized carbons (Fsp3) is 0.692. The van der Waals surface area contributed by atoms with Crippen molar-refractivity contribution in [2.45, 2.75) is 45.8 Å². The summed E-state index contributed by atoms with van der Waals surface area (Å²) in [7, 11) is 1.57. The number of carbonyl (C=O) groups excluding carboxylic acids is 1. The van der Waals surface area contributed by atoms with E-state index in [0.717, 1.165) is 19.3 Å². The molecule has 2 rings (SSSR count). The van der Waals surface area contributed by atoms with E-state index in [1.54, 1.807) is 13.2 Å². The first-order valence-corrected chi connectivity index (χ1v) is 6.25. The topological polar surface area (TPSA) is 64.4 Å². The van der Waals surface area contributed by atoms with Gasteiger partial charge in [-0.15, -0.1) is 0 Å². The largest absolute Gasteiger partial charge is 0.377 e. The van der Waals surface area contributed by atoms with Crippen LogP contribution in [0.1, 0.15) is 49.4 Å². The van der Waals surface area contributed by atoms with Crippen LogP contribution in [0.25, 0.3) is 0 Å². The van der Waals surface area contributed by atoms with Crippen LogP contribution in [-0.4, -0.2) is 24.2 Å². The maximum absolute atomic E-state index is 12.0. The lowest BCUT2D eigenvalue weighted by Crippen LogP contribution is -2.33. The molecule has 0 spiro atoms. The van der Waals surface area contributed by atoms with Crippen LogP contribution in [0.5, 0.6) is 0 Å². The molecule has 1 unspecified atom stereocenters. The summed E-state index contributed by atoms with van der Waals surface area (Å²) in [6, 6.07) is 1.87. The molecular weight excluding hydrogens is 232 g/mol. The Hall–Kier alpha value is -1.36. The highest BCUT2D eigenvalue weighted by Crippen LogP contribution is 2.36. The monoisotopic (exact) mass is 252 g/mol. The molecule has 5 nitrogen and oxygen atoms in total. The molecule has 1 heterocycles. The predicted molar refractivity (Wildman–Crippen MR) is 66.1 cm³/mol. The Balaban J connectivity index is 1.91. The van der Waals surface area contributed by atoms with Gasteiger partial charge in [0, 0.05) is 19.2 Å². The highest BCUT2D eigenvalue weighted by molar-refractivity contribution is 5.92. The van der Waals surface area contributed by atoms with Crippen LogP contribution < -0.4 is 5.32 Å². The zero-order valence-corrected chi connectivity index (χ0v) is 11.2. The summed E-state index contributed by atoms with van der Waals surface area (Å²) in [6.07, 6.45) is 3.19. The zero-order chi connectivity index (χ0) is 13.2. The Morgan fingerprint density at radius 3 is 3.06 bits per heavy atom. The number of carbonyl (C=O) groups is 1. The van der Waals surface area contributed by atoms with Crippen molar-refractivity contribution in [3.05, 3.63) is 17.5 Å². The molecule has 0 aliphatic heterocycles. The molecule has 1 aromatic heterocycles. The summed E-state index contributed by atoms with van der Waals surface area (Å²) in [5, 5.41) is 6.75. The average molecular weight is 252 g/mol. The van der Waals surface area contributed by atoms with Gasteiger partial charge in [-0.25, -0.2) is 0 Å². The summed E-state index contributed by atoms with van der Waals surface area (Å²) < 4.78 is 9.91. The van der Waals surface area contributed by atoms with Gasteiger partial charge in [-0.1, -0.05) is 19.0 Å². The van der Waals surface area contributed by atoms with Crippen LogP contribution in [0.3, 0.4) is 0 Å². The quantitative estimate of drug-likeness (QED) is 0.891. The molecular formula is C13H20N2O3. The van der Waals surface area contributed by atoms with Crippen molar-refractivity contribution in [3.63, 3.8) is 0 Å². The zero-order valence-electron chi connectivity index (χ0n) is 11.2. The maximum Gasteiger partial charge on any atom is 0.273 e. The minimum Gasteiger partial charge on any atom is -0.377 e. The number of nitrogens with one attached hydrogen (secondary N) is 1. The first-order chi connectivity index (χ1) is 8.50. The van der Waals surface area contributed by atoms with Crippen LogP contribution in [0.2, 0.25) is 0 Å². The summed E-state index contributed by atoms with van der Waals surface area (Å²) in [6.45, 7) is 4.79. The van der Waals surface area contributed by atoms with Gasteiger partial charge in [-0.05, 0) is 24.7 Å². The Labute approximate surface area is 107 Å². The molecule has 1 atom stereocenters. The Bertz CT molecular complexity index is 426. The summed E-state index contributed by atoms with van der Waals surface area (Å²) in [4.78, 5) is 12.0. The van der Waals surface area contributed by atoms with Crippen molar-refractivity contribution >= 4 is 5.91 Å². The van der Waals surface area contributed by atoms with Crippen LogP contribution in [0.15, 0.2) is 10.6 Å². The first-order valence-electron chi connectivity index (χ1n) is 6.25. The smallest absolute Gasteiger partial charge is 0.273 e. The first kappa shape index (κ1) is 13.1. The molecule has 0 aromatic carbocycles. The van der Waals surface area contributed by atoms with E-state index in [1.165, 1.54) is 0 Å². The van der Waals surface area contributed by atoms with Gasteiger partial charge in [0.1, 0.15) is 6.61 Å². The van der Waals surface area contributed by atoms with Gasteiger partial charge in [0.15, 0.2) is 11.5 Å². The second-order valence-corrected chi connectivity index (χ2v) is 5.69. The van der Waals surface area contributed by atoms with Gasteiger partial charge in [-0.2, -0.15) is 0 Å². The molecule has 1 amide bonds. The van der Waals surface area contributed by atoms with E-state index in [4.69, 9.17) is 9.26 Å². The van der Waals surface area contributed by atoms with Gasteiger partial charge in [0.05, 0.1) is 0 Å². The van der Waals surface area contributed by atoms with E-state index in [0.29, 0.717) is 23.5 Å². The predicted octanol–water partition coefficient (Wildman–Crippen LogP) is 2.13. The molecule has 1 aromatic rings. The van der Waals surface area contributed by atoms with E-state index in [-0.39, 0.29) is 11.9 Å². The third-order valence-electron chi connectivity index (χ3n) is 3.38. The summed E-state index contributed by atoms with van der Waals surface area (Å²) >= 11 is 0. The number of rotatable bonds is 4. The van der Waals surface area contributed by atoms with Crippen LogP contribution in [0, 0.1) is 5.41 Å². The van der Waals surface area contributed by atoms with Crippen molar-refractivity contribution in [1.29, 1.82) is 0 Å². The van der Waals surface area contributed by atoms with Crippen molar-refractivity contribution in [2.24, 2.45) is 5.41 Å². The highest BCUT2D eigenvalue weighted by Gasteiger charge is 2.32. The van der Waals surface area contributed by atoms with E-state index in [2.05, 4.69) is 24.3 Å². The van der Waals surface area contributed by atoms with E-state index >= 15 is 0 Å². The number of methoxy groups -OCH3 is 1. The van der Waals surface area contributed by atoms with E-state index < -0.39 is 0 Å². The second-order valence-electron chi connectivity index (χ2n) is 5.69. The third-order valence-corrected chi connectivity index (χ3v) is 3.38. The Morgan fingerprint density at radius 1 is 1.67 bits per heavy atom. The molecule has 0 saturated heterocycles. The molecule has 1 aliphatic carbocycles. The van der Waals surface area contributed by atoms with E-state index in [1.807, 2.05) is 0 Å². The van der Waals surface area contributed by atoms with Crippen molar-refractivity contribution in [1.82, 2.24) is 10.5 Å². The van der Waals surface area contributed by atoms with Crippen molar-refractivity contribution in [2.75, 3.05) is 7.11 Å². The lowest BCUT2D eigenvalue weighted by Gasteiger charge is -2.17. The number of ether oxygens (including phenoxy) is 1. The lowest BCUT2D eigenvalue weighted by atomic mass is 9.92. The average Bonchev–Trinajstić information content (AvgIpc) is 2.86. The van der Waals surface area contributed by atoms with Crippen LogP contribution in [0.4, 0.5) is 0 Å². The summed E-state index contributed by atoms with van der Waals surface area (Å²) in [5.74, 6) is 0.401. The number of hydrogen-bond donors (Lipinski definition) is 1. The number of aromatic nitrogens is 1. The highest BCUT2D eigenvalue weighted by atomic mass is 16.5. The molecule has 0 bridgehead atoms. The number of amides is 1. The molecule has 0 radical (unpaired) electrons. The van der Waals surface area contributed by atoms with Crippen molar-refractivity contribution < 1.29 is 14.1 Å². The fourth-order valence-corrected chi connectivity index (χ4v) is 2.45. The molecule has 1 fully saturated rings. The molecule has 18 heavy (non-hydrogen) atoms. The third kappa shape index (κ3) is 3.10. The van der Waals surface area contributed by atoms with Gasteiger partial charge in [0.2, 0.25) is 0 Å². The van der Waals surface area contributed by atoms with Gasteiger partial charge in [0.25, 0.3) is 5.91 Å². The van der Waals surface area contributed by atoms with Gasteiger partial charge in [-0.3, -0.25) is 4.79 Å². The van der Waals surface area contributed by atoms with Gasteiger partial charge < -0.3 is 14.6 Å². The molecule has 5 heteroatoms. The van der Waals surface area contributed by atoms with Crippen LogP contribution in [-0.2, 0) is 11.3 Å². The minimum absolute atomic E-state index is 0.163. The molecule has 1 saturated carbocycles. The minimum atomic E-state index is -0.163. The number of hydrogen-bond acceptors (Lipinski definition) is 4. The maximum atomic E-state index is 12.0. The number of nitrogens with zero attached hydrogens (tertiary/aromatic N) is 1. The van der Waals surface area contributed by atoms with Crippen LogP contribution >= 0.6 is 0 Å². The molecule has 1 aliphatic rings. The Kier molecular flexibility index (Phi) is 3.71. The second kappa shape index (κ2) is 5.10. The molecule has 1 N–H and O–H groups in total. The SMILES string of the molecule is COCc1cc(C(=O)NC2CCC(C)(C)C2)no1. The van der Waals surface area contributed by atoms with E-state index in [9.17, 15) is 4.79 Å². The Morgan fingerprint density at radius 2 is 2.44 bits per heavy atom. The fourth-order valence-electron chi connectivity index (χ4n) is 2.45. The lowest BCUT2D eigenvalue weighted by molar-refractivity contribution is 0.0926. The van der Waals surface area contributed by atoms with Crippen molar-refractivity contribution in [3.8, 4) is 0 Å². The standard InChI is InChI=1S/C13H20N2O3/c1-13(2)5-4-9(7-13)14-12(16)11-6-10(8-17-3)18-15-11/h6,9H,4-5,7-8H2,1-3H3,(H,14,16).